The molecule has 1 aliphatic rings. The molecule has 6 nitrogen and oxygen atoms in total. The molecule has 1 saturated carbocycles. The van der Waals surface area contributed by atoms with Gasteiger partial charge in [0.1, 0.15) is 0 Å². The molecule has 4 rings (SSSR count). The van der Waals surface area contributed by atoms with E-state index < -0.39 is 11.1 Å². The van der Waals surface area contributed by atoms with Gasteiger partial charge >= 0.3 is 11.1 Å². The number of hydrogen-bond donors (Lipinski definition) is 1. The van der Waals surface area contributed by atoms with Gasteiger partial charge in [-0.25, -0.2) is 0 Å². The van der Waals surface area contributed by atoms with E-state index in [9.17, 15) is 9.59 Å². The number of aromatic amines is 1. The van der Waals surface area contributed by atoms with Crippen molar-refractivity contribution in [2.75, 3.05) is 0 Å². The van der Waals surface area contributed by atoms with E-state index in [1.54, 1.807) is 17.0 Å². The van der Waals surface area contributed by atoms with Crippen LogP contribution < -0.4 is 11.1 Å². The van der Waals surface area contributed by atoms with Crippen molar-refractivity contribution in [3.63, 3.8) is 0 Å². The lowest BCUT2D eigenvalue weighted by atomic mass is 9.93. The Morgan fingerprint density at radius 2 is 1.88 bits per heavy atom. The minimum absolute atomic E-state index is 0.191. The quantitative estimate of drug-likeness (QED) is 0.748. The summed E-state index contributed by atoms with van der Waals surface area (Å²) in [5, 5.41) is 7.22. The van der Waals surface area contributed by atoms with E-state index in [0.717, 1.165) is 36.2 Å². The summed E-state index contributed by atoms with van der Waals surface area (Å²) in [4.78, 5) is 24.6. The van der Waals surface area contributed by atoms with Gasteiger partial charge in [0.15, 0.2) is 0 Å². The fourth-order valence-electron chi connectivity index (χ4n) is 2.98. The molecule has 0 bridgehead atoms. The summed E-state index contributed by atoms with van der Waals surface area (Å²) in [6.07, 6.45) is 6.48. The maximum Gasteiger partial charge on any atom is 0.316 e. The van der Waals surface area contributed by atoms with E-state index in [-0.39, 0.29) is 6.04 Å². The predicted molar refractivity (Wildman–Crippen MR) is 91.0 cm³/mol. The number of benzene rings is 1. The van der Waals surface area contributed by atoms with Gasteiger partial charge in [-0.15, -0.1) is 0 Å². The third-order valence-corrected chi connectivity index (χ3v) is 4.59. The summed E-state index contributed by atoms with van der Waals surface area (Å²) in [6.45, 7) is 0.305. The van der Waals surface area contributed by atoms with Crippen LogP contribution in [0.15, 0.2) is 58.4 Å². The molecular formula is C18H18N4O2. The SMILES string of the molecule is O=c1c(=O)n(C2CCC2)ccn1Cc1cc(-c2ccccc2)n[nH]1. The Bertz CT molecular complexity index is 964. The zero-order valence-electron chi connectivity index (χ0n) is 13.2. The van der Waals surface area contributed by atoms with Crippen LogP contribution in [0.5, 0.6) is 0 Å². The van der Waals surface area contributed by atoms with E-state index in [0.29, 0.717) is 6.54 Å². The fourth-order valence-corrected chi connectivity index (χ4v) is 2.98. The van der Waals surface area contributed by atoms with Crippen molar-refractivity contribution >= 4 is 0 Å². The summed E-state index contributed by atoms with van der Waals surface area (Å²) >= 11 is 0. The molecule has 1 fully saturated rings. The molecule has 24 heavy (non-hydrogen) atoms. The van der Waals surface area contributed by atoms with Crippen molar-refractivity contribution in [3.05, 3.63) is 75.2 Å². The predicted octanol–water partition coefficient (Wildman–Crippen LogP) is 2.17. The number of rotatable bonds is 4. The van der Waals surface area contributed by atoms with E-state index in [1.165, 1.54) is 4.57 Å². The molecule has 0 unspecified atom stereocenters. The third kappa shape index (κ3) is 2.60. The van der Waals surface area contributed by atoms with Crippen LogP contribution in [-0.4, -0.2) is 19.3 Å². The fraction of sp³-hybridized carbons (Fsp3) is 0.278. The highest BCUT2D eigenvalue weighted by Crippen LogP contribution is 2.29. The molecular weight excluding hydrogens is 304 g/mol. The first kappa shape index (κ1) is 14.7. The van der Waals surface area contributed by atoms with Crippen molar-refractivity contribution in [2.24, 2.45) is 0 Å². The van der Waals surface area contributed by atoms with Crippen molar-refractivity contribution in [3.8, 4) is 11.3 Å². The lowest BCUT2D eigenvalue weighted by Gasteiger charge is -2.27. The molecule has 1 aromatic carbocycles. The van der Waals surface area contributed by atoms with Gasteiger partial charge in [0.05, 0.1) is 17.9 Å². The van der Waals surface area contributed by atoms with Gasteiger partial charge in [-0.1, -0.05) is 30.3 Å². The van der Waals surface area contributed by atoms with Crippen molar-refractivity contribution in [1.82, 2.24) is 19.3 Å². The molecule has 6 heteroatoms. The second-order valence-corrected chi connectivity index (χ2v) is 6.17. The van der Waals surface area contributed by atoms with Gasteiger partial charge in [0.25, 0.3) is 0 Å². The van der Waals surface area contributed by atoms with E-state index in [2.05, 4.69) is 10.2 Å². The largest absolute Gasteiger partial charge is 0.316 e. The number of aromatic nitrogens is 4. The van der Waals surface area contributed by atoms with Crippen molar-refractivity contribution in [1.29, 1.82) is 0 Å². The summed E-state index contributed by atoms with van der Waals surface area (Å²) < 4.78 is 3.00. The summed E-state index contributed by atoms with van der Waals surface area (Å²) in [6, 6.07) is 11.9. The molecule has 1 aliphatic carbocycles. The Balaban J connectivity index is 1.60. The minimum Gasteiger partial charge on any atom is -0.306 e. The second kappa shape index (κ2) is 5.96. The smallest absolute Gasteiger partial charge is 0.306 e. The Hall–Kier alpha value is -2.89. The zero-order chi connectivity index (χ0) is 16.5. The Morgan fingerprint density at radius 1 is 1.08 bits per heavy atom. The third-order valence-electron chi connectivity index (χ3n) is 4.59. The van der Waals surface area contributed by atoms with E-state index in [1.807, 2.05) is 36.4 Å². The maximum atomic E-state index is 12.3. The van der Waals surface area contributed by atoms with Gasteiger partial charge < -0.3 is 9.13 Å². The van der Waals surface area contributed by atoms with Gasteiger partial charge in [0.2, 0.25) is 0 Å². The van der Waals surface area contributed by atoms with Crippen LogP contribution >= 0.6 is 0 Å². The highest BCUT2D eigenvalue weighted by atomic mass is 16.2. The highest BCUT2D eigenvalue weighted by Gasteiger charge is 2.21. The molecule has 0 spiro atoms. The van der Waals surface area contributed by atoms with Gasteiger partial charge in [0, 0.05) is 24.0 Å². The minimum atomic E-state index is -0.486. The maximum absolute atomic E-state index is 12.3. The average Bonchev–Trinajstić information content (AvgIpc) is 3.02. The van der Waals surface area contributed by atoms with Gasteiger partial charge in [-0.05, 0) is 25.3 Å². The number of nitrogens with zero attached hydrogens (tertiary/aromatic N) is 3. The standard InChI is InChI=1S/C18H18N4O2/c23-17-18(24)22(15-7-4-8-15)10-9-21(17)12-14-11-16(20-19-14)13-5-2-1-3-6-13/h1-3,5-6,9-11,15H,4,7-8,12H2,(H,19,20). The number of hydrogen-bond acceptors (Lipinski definition) is 3. The summed E-state index contributed by atoms with van der Waals surface area (Å²) in [7, 11) is 0. The molecule has 0 atom stereocenters. The van der Waals surface area contributed by atoms with Crippen LogP contribution in [0, 0.1) is 0 Å². The topological polar surface area (TPSA) is 72.7 Å². The van der Waals surface area contributed by atoms with Crippen LogP contribution in [0.2, 0.25) is 0 Å². The van der Waals surface area contributed by atoms with Gasteiger partial charge in [-0.3, -0.25) is 14.7 Å². The number of H-pyrrole nitrogens is 1. The highest BCUT2D eigenvalue weighted by molar-refractivity contribution is 5.58. The van der Waals surface area contributed by atoms with E-state index in [4.69, 9.17) is 0 Å². The first-order valence-corrected chi connectivity index (χ1v) is 8.13. The molecule has 122 valence electrons. The molecule has 0 saturated heterocycles. The van der Waals surface area contributed by atoms with Crippen LogP contribution in [0.4, 0.5) is 0 Å². The Morgan fingerprint density at radius 3 is 2.58 bits per heavy atom. The van der Waals surface area contributed by atoms with Gasteiger partial charge in [-0.2, -0.15) is 5.10 Å². The molecule has 0 radical (unpaired) electrons. The molecule has 2 heterocycles. The number of nitrogens with one attached hydrogen (secondary N) is 1. The molecule has 0 amide bonds. The molecule has 0 aliphatic heterocycles. The summed E-state index contributed by atoms with van der Waals surface area (Å²) in [5.74, 6) is 0. The Kier molecular flexibility index (Phi) is 3.65. The lowest BCUT2D eigenvalue weighted by molar-refractivity contribution is 0.303. The monoisotopic (exact) mass is 322 g/mol. The van der Waals surface area contributed by atoms with Crippen molar-refractivity contribution in [2.45, 2.75) is 31.8 Å². The zero-order valence-corrected chi connectivity index (χ0v) is 13.2. The Labute approximate surface area is 138 Å². The van der Waals surface area contributed by atoms with Crippen LogP contribution in [0.25, 0.3) is 11.3 Å². The van der Waals surface area contributed by atoms with Crippen LogP contribution in [0.1, 0.15) is 31.0 Å². The van der Waals surface area contributed by atoms with E-state index >= 15 is 0 Å². The first-order chi connectivity index (χ1) is 11.7. The normalized spacial score (nSPS) is 14.5. The lowest BCUT2D eigenvalue weighted by Crippen LogP contribution is -2.43. The molecule has 1 N–H and O–H groups in total. The van der Waals surface area contributed by atoms with Crippen molar-refractivity contribution < 1.29 is 0 Å². The molecule has 2 aromatic heterocycles. The van der Waals surface area contributed by atoms with Crippen LogP contribution in [-0.2, 0) is 6.54 Å². The van der Waals surface area contributed by atoms with Crippen LogP contribution in [0.3, 0.4) is 0 Å². The molecule has 3 aromatic rings. The average molecular weight is 322 g/mol. The second-order valence-electron chi connectivity index (χ2n) is 6.17. The first-order valence-electron chi connectivity index (χ1n) is 8.13. The summed E-state index contributed by atoms with van der Waals surface area (Å²) in [5.41, 5.74) is 1.69.